The average molecular weight is 418 g/mol. The van der Waals surface area contributed by atoms with Crippen LogP contribution < -0.4 is 4.74 Å². The molecule has 0 unspecified atom stereocenters. The standard InChI is InChI=1S/C22H28BrNO2/c1-17-12-18(2)14-20(13-17)16-26-22-6-5-19(15-21(22)23)4-3-7-24-8-10-25-11-9-24/h5-6,12-15H,3-4,7-11,16H2,1-2H3. The van der Waals surface area contributed by atoms with Crippen molar-refractivity contribution < 1.29 is 9.47 Å². The van der Waals surface area contributed by atoms with Crippen LogP contribution in [0.1, 0.15) is 28.7 Å². The maximum atomic E-state index is 6.02. The van der Waals surface area contributed by atoms with E-state index < -0.39 is 0 Å². The Labute approximate surface area is 165 Å². The molecule has 0 spiro atoms. The van der Waals surface area contributed by atoms with Crippen molar-refractivity contribution in [1.82, 2.24) is 4.90 Å². The summed E-state index contributed by atoms with van der Waals surface area (Å²) in [5, 5.41) is 0. The van der Waals surface area contributed by atoms with Gasteiger partial charge in [0.05, 0.1) is 17.7 Å². The number of benzene rings is 2. The Bertz CT molecular complexity index is 706. The summed E-state index contributed by atoms with van der Waals surface area (Å²) in [7, 11) is 0. The molecular weight excluding hydrogens is 390 g/mol. The van der Waals surface area contributed by atoms with E-state index in [1.165, 1.54) is 28.7 Å². The molecule has 0 N–H and O–H groups in total. The Kier molecular flexibility index (Phi) is 7.12. The third-order valence-corrected chi connectivity index (χ3v) is 5.34. The third kappa shape index (κ3) is 5.83. The first-order valence-electron chi connectivity index (χ1n) is 9.39. The fourth-order valence-corrected chi connectivity index (χ4v) is 4.00. The van der Waals surface area contributed by atoms with Crippen LogP contribution in [0.5, 0.6) is 5.75 Å². The maximum absolute atomic E-state index is 6.02. The minimum Gasteiger partial charge on any atom is -0.488 e. The molecule has 1 saturated heterocycles. The molecule has 2 aromatic rings. The normalized spacial score (nSPS) is 15.2. The number of nitrogens with zero attached hydrogens (tertiary/aromatic N) is 1. The molecule has 3 rings (SSSR count). The zero-order chi connectivity index (χ0) is 18.4. The monoisotopic (exact) mass is 417 g/mol. The number of ether oxygens (including phenoxy) is 2. The Morgan fingerprint density at radius 1 is 1.00 bits per heavy atom. The van der Waals surface area contributed by atoms with Crippen molar-refractivity contribution in [3.63, 3.8) is 0 Å². The first-order chi connectivity index (χ1) is 12.6. The van der Waals surface area contributed by atoms with Crippen LogP contribution in [0.2, 0.25) is 0 Å². The van der Waals surface area contributed by atoms with Gasteiger partial charge in [-0.25, -0.2) is 0 Å². The summed E-state index contributed by atoms with van der Waals surface area (Å²) < 4.78 is 12.5. The summed E-state index contributed by atoms with van der Waals surface area (Å²) in [5.74, 6) is 0.904. The minimum absolute atomic E-state index is 0.595. The molecule has 1 aliphatic rings. The number of hydrogen-bond donors (Lipinski definition) is 0. The molecule has 0 atom stereocenters. The molecule has 26 heavy (non-hydrogen) atoms. The van der Waals surface area contributed by atoms with Crippen molar-refractivity contribution in [2.24, 2.45) is 0 Å². The molecule has 2 aromatic carbocycles. The SMILES string of the molecule is Cc1cc(C)cc(COc2ccc(CCCN3CCOCC3)cc2Br)c1. The second-order valence-corrected chi connectivity index (χ2v) is 7.96. The van der Waals surface area contributed by atoms with Gasteiger partial charge in [-0.15, -0.1) is 0 Å². The van der Waals surface area contributed by atoms with Gasteiger partial charge in [-0.05, 0) is 72.4 Å². The first kappa shape index (κ1) is 19.4. The molecule has 4 heteroatoms. The lowest BCUT2D eigenvalue weighted by Crippen LogP contribution is -2.36. The van der Waals surface area contributed by atoms with Crippen LogP contribution in [-0.4, -0.2) is 37.7 Å². The smallest absolute Gasteiger partial charge is 0.134 e. The molecule has 3 nitrogen and oxygen atoms in total. The van der Waals surface area contributed by atoms with E-state index >= 15 is 0 Å². The van der Waals surface area contributed by atoms with E-state index in [1.807, 2.05) is 0 Å². The van der Waals surface area contributed by atoms with E-state index in [-0.39, 0.29) is 0 Å². The highest BCUT2D eigenvalue weighted by molar-refractivity contribution is 9.10. The molecule has 1 heterocycles. The summed E-state index contributed by atoms with van der Waals surface area (Å²) >= 11 is 3.67. The quantitative estimate of drug-likeness (QED) is 0.638. The second kappa shape index (κ2) is 9.54. The predicted octanol–water partition coefficient (Wildman–Crippen LogP) is 4.91. The number of rotatable bonds is 7. The molecule has 1 aliphatic heterocycles. The van der Waals surface area contributed by atoms with Crippen LogP contribution in [-0.2, 0) is 17.8 Å². The molecular formula is C22H28BrNO2. The fraction of sp³-hybridized carbons (Fsp3) is 0.455. The third-order valence-electron chi connectivity index (χ3n) is 4.72. The molecule has 0 aromatic heterocycles. The van der Waals surface area contributed by atoms with Crippen molar-refractivity contribution in [2.75, 3.05) is 32.8 Å². The highest BCUT2D eigenvalue weighted by Gasteiger charge is 2.10. The fourth-order valence-electron chi connectivity index (χ4n) is 3.46. The number of morpholine rings is 1. The van der Waals surface area contributed by atoms with E-state index in [0.717, 1.165) is 49.5 Å². The van der Waals surface area contributed by atoms with E-state index in [4.69, 9.17) is 9.47 Å². The van der Waals surface area contributed by atoms with Gasteiger partial charge in [0, 0.05) is 13.1 Å². The highest BCUT2D eigenvalue weighted by atomic mass is 79.9. The zero-order valence-corrected chi connectivity index (χ0v) is 17.3. The van der Waals surface area contributed by atoms with E-state index in [9.17, 15) is 0 Å². The van der Waals surface area contributed by atoms with Gasteiger partial charge in [-0.1, -0.05) is 35.4 Å². The Balaban J connectivity index is 1.50. The van der Waals surface area contributed by atoms with Crippen molar-refractivity contribution in [1.29, 1.82) is 0 Å². The van der Waals surface area contributed by atoms with Crippen molar-refractivity contribution in [3.05, 3.63) is 63.1 Å². The lowest BCUT2D eigenvalue weighted by Gasteiger charge is -2.26. The number of aryl methyl sites for hydroxylation is 3. The second-order valence-electron chi connectivity index (χ2n) is 7.11. The largest absolute Gasteiger partial charge is 0.488 e. The Hall–Kier alpha value is -1.36. The molecule has 140 valence electrons. The first-order valence-corrected chi connectivity index (χ1v) is 10.2. The molecule has 0 radical (unpaired) electrons. The van der Waals surface area contributed by atoms with Crippen molar-refractivity contribution in [2.45, 2.75) is 33.3 Å². The van der Waals surface area contributed by atoms with Gasteiger partial charge in [0.25, 0.3) is 0 Å². The molecule has 0 bridgehead atoms. The van der Waals surface area contributed by atoms with Gasteiger partial charge < -0.3 is 9.47 Å². The van der Waals surface area contributed by atoms with Crippen molar-refractivity contribution in [3.8, 4) is 5.75 Å². The number of hydrogen-bond acceptors (Lipinski definition) is 3. The lowest BCUT2D eigenvalue weighted by molar-refractivity contribution is 0.0374. The van der Waals surface area contributed by atoms with Gasteiger partial charge >= 0.3 is 0 Å². The van der Waals surface area contributed by atoms with E-state index in [0.29, 0.717) is 6.61 Å². The van der Waals surface area contributed by atoms with E-state index in [1.54, 1.807) is 0 Å². The van der Waals surface area contributed by atoms with Gasteiger partial charge in [-0.2, -0.15) is 0 Å². The van der Waals surface area contributed by atoms with Gasteiger partial charge in [0.1, 0.15) is 12.4 Å². The summed E-state index contributed by atoms with van der Waals surface area (Å²) in [5.41, 5.74) is 5.12. The predicted molar refractivity (Wildman–Crippen MR) is 110 cm³/mol. The van der Waals surface area contributed by atoms with Crippen LogP contribution in [0.25, 0.3) is 0 Å². The van der Waals surface area contributed by atoms with Crippen LogP contribution >= 0.6 is 15.9 Å². The van der Waals surface area contributed by atoms with Crippen molar-refractivity contribution >= 4 is 15.9 Å². The van der Waals surface area contributed by atoms with Gasteiger partial charge in [-0.3, -0.25) is 4.90 Å². The summed E-state index contributed by atoms with van der Waals surface area (Å²) in [6, 6.07) is 13.0. The van der Waals surface area contributed by atoms with Gasteiger partial charge in [0.2, 0.25) is 0 Å². The Morgan fingerprint density at radius 3 is 2.42 bits per heavy atom. The summed E-state index contributed by atoms with van der Waals surface area (Å²) in [4.78, 5) is 2.49. The summed E-state index contributed by atoms with van der Waals surface area (Å²) in [6.07, 6.45) is 2.27. The molecule has 0 aliphatic carbocycles. The molecule has 1 fully saturated rings. The highest BCUT2D eigenvalue weighted by Crippen LogP contribution is 2.27. The zero-order valence-electron chi connectivity index (χ0n) is 15.8. The number of halogens is 1. The van der Waals surface area contributed by atoms with Crippen LogP contribution in [0.4, 0.5) is 0 Å². The topological polar surface area (TPSA) is 21.7 Å². The van der Waals surface area contributed by atoms with E-state index in [2.05, 4.69) is 71.1 Å². The van der Waals surface area contributed by atoms with Crippen LogP contribution in [0.15, 0.2) is 40.9 Å². The Morgan fingerprint density at radius 2 is 1.73 bits per heavy atom. The summed E-state index contributed by atoms with van der Waals surface area (Å²) in [6.45, 7) is 9.86. The molecule has 0 amide bonds. The lowest BCUT2D eigenvalue weighted by atomic mass is 10.1. The van der Waals surface area contributed by atoms with Crippen LogP contribution in [0.3, 0.4) is 0 Å². The van der Waals surface area contributed by atoms with Gasteiger partial charge in [0.15, 0.2) is 0 Å². The minimum atomic E-state index is 0.595. The maximum Gasteiger partial charge on any atom is 0.134 e. The van der Waals surface area contributed by atoms with Crippen LogP contribution in [0, 0.1) is 13.8 Å². The molecule has 0 saturated carbocycles. The average Bonchev–Trinajstić information content (AvgIpc) is 2.61.